The van der Waals surface area contributed by atoms with Gasteiger partial charge in [0.25, 0.3) is 0 Å². The van der Waals surface area contributed by atoms with Crippen molar-refractivity contribution < 1.29 is 5.11 Å². The summed E-state index contributed by atoms with van der Waals surface area (Å²) >= 11 is 0. The zero-order valence-corrected chi connectivity index (χ0v) is 12.1. The van der Waals surface area contributed by atoms with E-state index in [0.29, 0.717) is 0 Å². The molecule has 0 unspecified atom stereocenters. The quantitative estimate of drug-likeness (QED) is 0.830. The average Bonchev–Trinajstić information content (AvgIpc) is 2.29. The summed E-state index contributed by atoms with van der Waals surface area (Å²) in [6.45, 7) is 5.60. The topological polar surface area (TPSA) is 35.5 Å². The lowest BCUT2D eigenvalue weighted by atomic mass is 9.82. The minimum Gasteiger partial charge on any atom is -0.390 e. The predicted molar refractivity (Wildman–Crippen MR) is 76.5 cm³/mol. The van der Waals surface area contributed by atoms with E-state index in [1.807, 2.05) is 0 Å². The van der Waals surface area contributed by atoms with Gasteiger partial charge in [-0.2, -0.15) is 0 Å². The fourth-order valence-electron chi connectivity index (χ4n) is 2.76. The molecule has 1 heterocycles. The molecule has 0 bridgehead atoms. The van der Waals surface area contributed by atoms with Gasteiger partial charge in [0.2, 0.25) is 0 Å². The summed E-state index contributed by atoms with van der Waals surface area (Å²) in [6.07, 6.45) is 6.79. The highest BCUT2D eigenvalue weighted by Gasteiger charge is 2.29. The maximum Gasteiger partial charge on any atom is 0.0660 e. The number of rotatable bonds is 3. The van der Waals surface area contributed by atoms with Gasteiger partial charge >= 0.3 is 0 Å². The monoisotopic (exact) mass is 284 g/mol. The Balaban J connectivity index is 0.00000128. The number of hydrogen-bond donors (Lipinski definition) is 2. The molecule has 2 fully saturated rings. The summed E-state index contributed by atoms with van der Waals surface area (Å²) in [6, 6.07) is 0. The molecule has 0 aromatic carbocycles. The van der Waals surface area contributed by atoms with E-state index in [-0.39, 0.29) is 30.4 Å². The molecule has 0 aromatic rings. The van der Waals surface area contributed by atoms with Crippen LogP contribution in [0.25, 0.3) is 0 Å². The molecule has 0 radical (unpaired) electrons. The molecule has 2 aliphatic rings. The van der Waals surface area contributed by atoms with Gasteiger partial charge in [0.1, 0.15) is 0 Å². The van der Waals surface area contributed by atoms with E-state index in [1.165, 1.54) is 19.3 Å². The first-order valence-corrected chi connectivity index (χ1v) is 6.44. The Bertz CT molecular complexity index is 193. The van der Waals surface area contributed by atoms with Crippen molar-refractivity contribution >= 4 is 24.8 Å². The summed E-state index contributed by atoms with van der Waals surface area (Å²) in [5.41, 5.74) is -0.330. The molecule has 1 saturated carbocycles. The highest BCUT2D eigenvalue weighted by molar-refractivity contribution is 5.85. The molecule has 3 nitrogen and oxygen atoms in total. The SMILES string of the molecule is Cl.Cl.OC1(CCN2CCNCC2)CCCCC1. The van der Waals surface area contributed by atoms with Gasteiger partial charge in [-0.3, -0.25) is 0 Å². The van der Waals surface area contributed by atoms with E-state index >= 15 is 0 Å². The first kappa shape index (κ1) is 17.5. The Hall–Kier alpha value is 0.460. The molecule has 1 aliphatic carbocycles. The maximum atomic E-state index is 10.4. The van der Waals surface area contributed by atoms with Crippen molar-refractivity contribution in [1.82, 2.24) is 10.2 Å². The van der Waals surface area contributed by atoms with Crippen LogP contribution in [0.15, 0.2) is 0 Å². The van der Waals surface area contributed by atoms with Gasteiger partial charge in [-0.1, -0.05) is 19.3 Å². The normalized spacial score (nSPS) is 24.5. The second-order valence-electron chi connectivity index (χ2n) is 5.13. The van der Waals surface area contributed by atoms with Gasteiger partial charge in [-0.05, 0) is 19.3 Å². The van der Waals surface area contributed by atoms with Gasteiger partial charge < -0.3 is 15.3 Å². The lowest BCUT2D eigenvalue weighted by Crippen LogP contribution is -2.45. The average molecular weight is 285 g/mol. The molecule has 2 rings (SSSR count). The van der Waals surface area contributed by atoms with Crippen LogP contribution in [0.1, 0.15) is 38.5 Å². The minimum atomic E-state index is -0.330. The largest absolute Gasteiger partial charge is 0.390 e. The van der Waals surface area contributed by atoms with Crippen LogP contribution in [0.3, 0.4) is 0 Å². The number of nitrogens with one attached hydrogen (secondary N) is 1. The molecular weight excluding hydrogens is 259 g/mol. The predicted octanol–water partition coefficient (Wildman–Crippen LogP) is 1.82. The number of nitrogens with zero attached hydrogens (tertiary/aromatic N) is 1. The fourth-order valence-corrected chi connectivity index (χ4v) is 2.76. The first-order valence-electron chi connectivity index (χ1n) is 6.44. The highest BCUT2D eigenvalue weighted by Crippen LogP contribution is 2.30. The molecule has 1 aliphatic heterocycles. The molecular formula is C12H26Cl2N2O. The molecule has 104 valence electrons. The molecule has 1 saturated heterocycles. The summed E-state index contributed by atoms with van der Waals surface area (Å²) < 4.78 is 0. The fraction of sp³-hybridized carbons (Fsp3) is 1.00. The Kier molecular flexibility index (Phi) is 8.77. The van der Waals surface area contributed by atoms with Crippen LogP contribution in [-0.2, 0) is 0 Å². The van der Waals surface area contributed by atoms with Gasteiger partial charge in [0.15, 0.2) is 0 Å². The van der Waals surface area contributed by atoms with E-state index in [0.717, 1.165) is 52.0 Å². The van der Waals surface area contributed by atoms with E-state index in [1.54, 1.807) is 0 Å². The number of halogens is 2. The van der Waals surface area contributed by atoms with Crippen molar-refractivity contribution in [2.45, 2.75) is 44.1 Å². The second kappa shape index (κ2) is 8.54. The molecule has 5 heteroatoms. The lowest BCUT2D eigenvalue weighted by molar-refractivity contribution is -0.0122. The third kappa shape index (κ3) is 5.75. The van der Waals surface area contributed by atoms with Gasteiger partial charge in [-0.25, -0.2) is 0 Å². The van der Waals surface area contributed by atoms with Crippen LogP contribution < -0.4 is 5.32 Å². The Morgan fingerprint density at radius 2 is 1.59 bits per heavy atom. The zero-order valence-electron chi connectivity index (χ0n) is 10.5. The van der Waals surface area contributed by atoms with Crippen LogP contribution in [0, 0.1) is 0 Å². The van der Waals surface area contributed by atoms with E-state index in [4.69, 9.17) is 0 Å². The van der Waals surface area contributed by atoms with Crippen molar-refractivity contribution in [3.63, 3.8) is 0 Å². The Morgan fingerprint density at radius 1 is 1.00 bits per heavy atom. The van der Waals surface area contributed by atoms with Crippen molar-refractivity contribution in [3.8, 4) is 0 Å². The van der Waals surface area contributed by atoms with Crippen molar-refractivity contribution in [2.75, 3.05) is 32.7 Å². The van der Waals surface area contributed by atoms with Crippen LogP contribution in [0.5, 0.6) is 0 Å². The molecule has 0 aromatic heterocycles. The maximum absolute atomic E-state index is 10.4. The summed E-state index contributed by atoms with van der Waals surface area (Å²) in [4.78, 5) is 2.48. The zero-order chi connectivity index (χ0) is 10.6. The van der Waals surface area contributed by atoms with Crippen molar-refractivity contribution in [2.24, 2.45) is 0 Å². The van der Waals surface area contributed by atoms with Gasteiger partial charge in [0.05, 0.1) is 5.60 Å². The third-order valence-corrected chi connectivity index (χ3v) is 3.89. The van der Waals surface area contributed by atoms with Crippen LogP contribution in [0.4, 0.5) is 0 Å². The number of piperazine rings is 1. The summed E-state index contributed by atoms with van der Waals surface area (Å²) in [7, 11) is 0. The Morgan fingerprint density at radius 3 is 2.18 bits per heavy atom. The summed E-state index contributed by atoms with van der Waals surface area (Å²) in [5, 5.41) is 13.7. The van der Waals surface area contributed by atoms with E-state index in [2.05, 4.69) is 10.2 Å². The minimum absolute atomic E-state index is 0. The molecule has 2 N–H and O–H groups in total. The lowest BCUT2D eigenvalue weighted by Gasteiger charge is -2.35. The number of hydrogen-bond acceptors (Lipinski definition) is 3. The molecule has 0 spiro atoms. The first-order chi connectivity index (χ1) is 7.29. The Labute approximate surface area is 117 Å². The van der Waals surface area contributed by atoms with Crippen LogP contribution in [-0.4, -0.2) is 48.3 Å². The molecule has 0 amide bonds. The van der Waals surface area contributed by atoms with Crippen molar-refractivity contribution in [1.29, 1.82) is 0 Å². The standard InChI is InChI=1S/C12H24N2O.2ClH/c15-12(4-2-1-3-5-12)6-9-14-10-7-13-8-11-14;;/h13,15H,1-11H2;2*1H. The summed E-state index contributed by atoms with van der Waals surface area (Å²) in [5.74, 6) is 0. The smallest absolute Gasteiger partial charge is 0.0660 e. The van der Waals surface area contributed by atoms with E-state index in [9.17, 15) is 5.11 Å². The van der Waals surface area contributed by atoms with Crippen molar-refractivity contribution in [3.05, 3.63) is 0 Å². The second-order valence-corrected chi connectivity index (χ2v) is 5.13. The highest BCUT2D eigenvalue weighted by atomic mass is 35.5. The van der Waals surface area contributed by atoms with Gasteiger partial charge in [0, 0.05) is 32.7 Å². The van der Waals surface area contributed by atoms with Crippen LogP contribution in [0.2, 0.25) is 0 Å². The van der Waals surface area contributed by atoms with Crippen LogP contribution >= 0.6 is 24.8 Å². The third-order valence-electron chi connectivity index (χ3n) is 3.89. The molecule has 17 heavy (non-hydrogen) atoms. The number of aliphatic hydroxyl groups is 1. The van der Waals surface area contributed by atoms with Gasteiger partial charge in [-0.15, -0.1) is 24.8 Å². The van der Waals surface area contributed by atoms with E-state index < -0.39 is 0 Å². The molecule has 0 atom stereocenters.